The Hall–Kier alpha value is -1.88. The van der Waals surface area contributed by atoms with Crippen molar-refractivity contribution in [2.45, 2.75) is 32.8 Å². The van der Waals surface area contributed by atoms with Gasteiger partial charge < -0.3 is 15.0 Å². The Kier molecular flexibility index (Phi) is 5.33. The van der Waals surface area contributed by atoms with Crippen LogP contribution in [0.3, 0.4) is 0 Å². The first-order valence-electron chi connectivity index (χ1n) is 7.28. The molecule has 1 aliphatic heterocycles. The van der Waals surface area contributed by atoms with Gasteiger partial charge in [0.1, 0.15) is 0 Å². The third kappa shape index (κ3) is 4.86. The number of nitrogens with one attached hydrogen (secondary N) is 1. The number of amides is 2. The van der Waals surface area contributed by atoms with Crippen LogP contribution >= 0.6 is 0 Å². The van der Waals surface area contributed by atoms with Crippen molar-refractivity contribution in [1.29, 1.82) is 0 Å². The van der Waals surface area contributed by atoms with Gasteiger partial charge in [-0.1, -0.05) is 17.7 Å². The summed E-state index contributed by atoms with van der Waals surface area (Å²) in [6.45, 7) is 4.75. The molecule has 2 amide bonds. The Bertz CT molecular complexity index is 493. The Morgan fingerprint density at radius 3 is 2.62 bits per heavy atom. The van der Waals surface area contributed by atoms with E-state index >= 15 is 0 Å². The zero-order valence-electron chi connectivity index (χ0n) is 12.6. The predicted molar refractivity (Wildman–Crippen MR) is 81.0 cm³/mol. The fraction of sp³-hybridized carbons (Fsp3) is 0.500. The molecule has 1 unspecified atom stereocenters. The summed E-state index contributed by atoms with van der Waals surface area (Å²) in [6.07, 6.45) is 2.02. The van der Waals surface area contributed by atoms with Gasteiger partial charge in [0.25, 0.3) is 0 Å². The fourth-order valence-electron chi connectivity index (χ4n) is 2.35. The molecule has 1 aromatic carbocycles. The minimum Gasteiger partial charge on any atom is -0.376 e. The summed E-state index contributed by atoms with van der Waals surface area (Å²) in [5, 5.41) is 2.81. The van der Waals surface area contributed by atoms with E-state index in [1.165, 1.54) is 6.92 Å². The minimum absolute atomic E-state index is 0.0566. The number of rotatable bonds is 5. The molecular formula is C16H22N2O3. The Morgan fingerprint density at radius 2 is 2.05 bits per heavy atom. The van der Waals surface area contributed by atoms with Crippen LogP contribution < -0.4 is 5.32 Å². The van der Waals surface area contributed by atoms with Gasteiger partial charge in [0, 0.05) is 25.8 Å². The summed E-state index contributed by atoms with van der Waals surface area (Å²) in [7, 11) is 0. The number of hydrogen-bond donors (Lipinski definition) is 1. The van der Waals surface area contributed by atoms with Gasteiger partial charge >= 0.3 is 0 Å². The van der Waals surface area contributed by atoms with Crippen molar-refractivity contribution in [1.82, 2.24) is 4.90 Å². The van der Waals surface area contributed by atoms with Gasteiger partial charge in [-0.3, -0.25) is 9.59 Å². The monoisotopic (exact) mass is 290 g/mol. The zero-order chi connectivity index (χ0) is 15.2. The quantitative estimate of drug-likeness (QED) is 0.902. The molecule has 21 heavy (non-hydrogen) atoms. The number of aryl methyl sites for hydroxylation is 1. The molecule has 5 heteroatoms. The highest BCUT2D eigenvalue weighted by molar-refractivity contribution is 5.94. The lowest BCUT2D eigenvalue weighted by Crippen LogP contribution is -2.41. The molecule has 0 radical (unpaired) electrons. The third-order valence-corrected chi connectivity index (χ3v) is 3.56. The first-order chi connectivity index (χ1) is 10.0. The molecule has 0 bridgehead atoms. The topological polar surface area (TPSA) is 58.6 Å². The second-order valence-corrected chi connectivity index (χ2v) is 5.45. The second-order valence-electron chi connectivity index (χ2n) is 5.45. The maximum absolute atomic E-state index is 12.0. The molecule has 1 aromatic rings. The molecule has 1 atom stereocenters. The molecule has 1 aliphatic rings. The minimum atomic E-state index is -0.188. The van der Waals surface area contributed by atoms with E-state index in [-0.39, 0.29) is 24.5 Å². The lowest BCUT2D eigenvalue weighted by molar-refractivity contribution is -0.134. The number of carbonyl (C=O) groups excluding carboxylic acids is 2. The van der Waals surface area contributed by atoms with Gasteiger partial charge in [0.2, 0.25) is 11.8 Å². The average Bonchev–Trinajstić information content (AvgIpc) is 2.93. The molecule has 1 heterocycles. The van der Waals surface area contributed by atoms with Crippen molar-refractivity contribution >= 4 is 17.5 Å². The van der Waals surface area contributed by atoms with E-state index in [1.807, 2.05) is 31.2 Å². The van der Waals surface area contributed by atoms with Crippen molar-refractivity contribution in [3.05, 3.63) is 29.8 Å². The van der Waals surface area contributed by atoms with E-state index in [9.17, 15) is 9.59 Å². The van der Waals surface area contributed by atoms with Crippen LogP contribution in [0.1, 0.15) is 25.3 Å². The Balaban J connectivity index is 1.88. The summed E-state index contributed by atoms with van der Waals surface area (Å²) < 4.78 is 5.52. The fourth-order valence-corrected chi connectivity index (χ4v) is 2.35. The van der Waals surface area contributed by atoms with E-state index in [2.05, 4.69) is 5.32 Å². The molecule has 1 N–H and O–H groups in total. The number of anilines is 1. The number of benzene rings is 1. The summed E-state index contributed by atoms with van der Waals surface area (Å²) in [6, 6.07) is 7.58. The SMILES string of the molecule is CC(=O)N(CC(=O)Nc1ccc(C)cc1)CC1CCCO1. The molecule has 1 fully saturated rings. The van der Waals surface area contributed by atoms with Crippen LogP contribution in [-0.4, -0.2) is 42.5 Å². The van der Waals surface area contributed by atoms with Crippen molar-refractivity contribution in [3.63, 3.8) is 0 Å². The lowest BCUT2D eigenvalue weighted by atomic mass is 10.2. The van der Waals surface area contributed by atoms with Crippen LogP contribution in [0.25, 0.3) is 0 Å². The molecule has 0 spiro atoms. The van der Waals surface area contributed by atoms with Crippen molar-refractivity contribution < 1.29 is 14.3 Å². The third-order valence-electron chi connectivity index (χ3n) is 3.56. The largest absolute Gasteiger partial charge is 0.376 e. The lowest BCUT2D eigenvalue weighted by Gasteiger charge is -2.23. The molecule has 5 nitrogen and oxygen atoms in total. The average molecular weight is 290 g/mol. The number of nitrogens with zero attached hydrogens (tertiary/aromatic N) is 1. The van der Waals surface area contributed by atoms with Crippen molar-refractivity contribution in [3.8, 4) is 0 Å². The maximum Gasteiger partial charge on any atom is 0.243 e. The van der Waals surface area contributed by atoms with E-state index in [0.717, 1.165) is 30.7 Å². The highest BCUT2D eigenvalue weighted by atomic mass is 16.5. The van der Waals surface area contributed by atoms with Gasteiger partial charge in [0.05, 0.1) is 12.6 Å². The first-order valence-corrected chi connectivity index (χ1v) is 7.28. The van der Waals surface area contributed by atoms with Crippen LogP contribution in [0, 0.1) is 6.92 Å². The Labute approximate surface area is 125 Å². The number of ether oxygens (including phenoxy) is 1. The predicted octanol–water partition coefficient (Wildman–Crippen LogP) is 1.96. The van der Waals surface area contributed by atoms with Crippen LogP contribution in [0.4, 0.5) is 5.69 Å². The van der Waals surface area contributed by atoms with Crippen LogP contribution in [0.15, 0.2) is 24.3 Å². The van der Waals surface area contributed by atoms with Crippen molar-refractivity contribution in [2.75, 3.05) is 25.0 Å². The highest BCUT2D eigenvalue weighted by Crippen LogP contribution is 2.14. The highest BCUT2D eigenvalue weighted by Gasteiger charge is 2.22. The molecule has 114 valence electrons. The van der Waals surface area contributed by atoms with E-state index in [0.29, 0.717) is 6.54 Å². The van der Waals surface area contributed by atoms with E-state index < -0.39 is 0 Å². The van der Waals surface area contributed by atoms with E-state index in [4.69, 9.17) is 4.74 Å². The smallest absolute Gasteiger partial charge is 0.243 e. The van der Waals surface area contributed by atoms with Gasteiger partial charge in [-0.25, -0.2) is 0 Å². The van der Waals surface area contributed by atoms with Crippen LogP contribution in [0.5, 0.6) is 0 Å². The summed E-state index contributed by atoms with van der Waals surface area (Å²) in [4.78, 5) is 25.2. The zero-order valence-corrected chi connectivity index (χ0v) is 12.6. The number of carbonyl (C=O) groups is 2. The van der Waals surface area contributed by atoms with E-state index in [1.54, 1.807) is 4.90 Å². The maximum atomic E-state index is 12.0. The summed E-state index contributed by atoms with van der Waals surface area (Å²) in [5.74, 6) is -0.295. The van der Waals surface area contributed by atoms with Gasteiger partial charge in [-0.15, -0.1) is 0 Å². The normalized spacial score (nSPS) is 17.5. The molecular weight excluding hydrogens is 268 g/mol. The first kappa shape index (κ1) is 15.5. The number of hydrogen-bond acceptors (Lipinski definition) is 3. The van der Waals surface area contributed by atoms with Gasteiger partial charge in [-0.2, -0.15) is 0 Å². The molecule has 0 aliphatic carbocycles. The second kappa shape index (κ2) is 7.22. The summed E-state index contributed by atoms with van der Waals surface area (Å²) >= 11 is 0. The molecule has 1 saturated heterocycles. The molecule has 2 rings (SSSR count). The van der Waals surface area contributed by atoms with Gasteiger partial charge in [-0.05, 0) is 31.9 Å². The molecule has 0 saturated carbocycles. The standard InChI is InChI=1S/C16H22N2O3/c1-12-5-7-14(8-6-12)17-16(20)11-18(13(2)19)10-15-4-3-9-21-15/h5-8,15H,3-4,9-11H2,1-2H3,(H,17,20). The summed E-state index contributed by atoms with van der Waals surface area (Å²) in [5.41, 5.74) is 1.88. The molecule has 0 aromatic heterocycles. The van der Waals surface area contributed by atoms with Gasteiger partial charge in [0.15, 0.2) is 0 Å². The van der Waals surface area contributed by atoms with Crippen LogP contribution in [-0.2, 0) is 14.3 Å². The van der Waals surface area contributed by atoms with Crippen molar-refractivity contribution in [2.24, 2.45) is 0 Å². The van der Waals surface area contributed by atoms with Crippen LogP contribution in [0.2, 0.25) is 0 Å². The Morgan fingerprint density at radius 1 is 1.33 bits per heavy atom.